The van der Waals surface area contributed by atoms with Gasteiger partial charge in [0.1, 0.15) is 0 Å². The number of aryl methyl sites for hydroxylation is 2. The third-order valence-corrected chi connectivity index (χ3v) is 6.85. The molecule has 1 aromatic carbocycles. The number of hydrogen-bond acceptors (Lipinski definition) is 5. The number of aromatic nitrogens is 1. The van der Waals surface area contributed by atoms with Crippen LogP contribution in [0.2, 0.25) is 0 Å². The normalized spacial score (nSPS) is 12.9. The van der Waals surface area contributed by atoms with Crippen molar-refractivity contribution >= 4 is 28.9 Å². The highest BCUT2D eigenvalue weighted by Crippen LogP contribution is 2.25. The van der Waals surface area contributed by atoms with Crippen LogP contribution in [-0.2, 0) is 19.5 Å². The molecule has 7 heteroatoms. The zero-order chi connectivity index (χ0) is 22.8. The SMILES string of the molecule is CC(=O)c1cc(C(=O)NCc2c(C)ncc3c2CCN(C(=O)c2ccc(C)cc2)C3)cs1. The Morgan fingerprint density at radius 3 is 2.56 bits per heavy atom. The molecule has 32 heavy (non-hydrogen) atoms. The molecule has 164 valence electrons. The largest absolute Gasteiger partial charge is 0.348 e. The summed E-state index contributed by atoms with van der Waals surface area (Å²) in [6, 6.07) is 9.25. The van der Waals surface area contributed by atoms with E-state index in [0.29, 0.717) is 42.1 Å². The van der Waals surface area contributed by atoms with Gasteiger partial charge in [-0.25, -0.2) is 0 Å². The van der Waals surface area contributed by atoms with E-state index in [9.17, 15) is 14.4 Å². The second-order valence-corrected chi connectivity index (χ2v) is 9.02. The second-order valence-electron chi connectivity index (χ2n) is 8.11. The predicted molar refractivity (Wildman–Crippen MR) is 124 cm³/mol. The van der Waals surface area contributed by atoms with Gasteiger partial charge in [-0.1, -0.05) is 17.7 Å². The zero-order valence-electron chi connectivity index (χ0n) is 18.4. The standard InChI is InChI=1S/C25H25N3O3S/c1-15-4-6-18(7-5-15)25(31)28-9-8-21-20(13-28)11-26-16(2)22(21)12-27-24(30)19-10-23(17(3)29)32-14-19/h4-7,10-11,14H,8-9,12-13H2,1-3H3,(H,27,30). The molecule has 2 amide bonds. The summed E-state index contributed by atoms with van der Waals surface area (Å²) in [4.78, 5) is 43.9. The predicted octanol–water partition coefficient (Wildman–Crippen LogP) is 4.09. The molecule has 3 aromatic rings. The average molecular weight is 448 g/mol. The molecule has 3 heterocycles. The number of thiophene rings is 1. The van der Waals surface area contributed by atoms with Gasteiger partial charge in [0.05, 0.1) is 10.4 Å². The van der Waals surface area contributed by atoms with Crippen molar-refractivity contribution in [3.63, 3.8) is 0 Å². The van der Waals surface area contributed by atoms with Crippen molar-refractivity contribution in [1.82, 2.24) is 15.2 Å². The van der Waals surface area contributed by atoms with E-state index in [4.69, 9.17) is 0 Å². The maximum Gasteiger partial charge on any atom is 0.254 e. The molecular formula is C25H25N3O3S. The van der Waals surface area contributed by atoms with Crippen molar-refractivity contribution in [3.8, 4) is 0 Å². The van der Waals surface area contributed by atoms with E-state index in [1.807, 2.05) is 49.2 Å². The van der Waals surface area contributed by atoms with Crippen LogP contribution in [0.4, 0.5) is 0 Å². The number of nitrogens with one attached hydrogen (secondary N) is 1. The van der Waals surface area contributed by atoms with Gasteiger partial charge in [-0.05, 0) is 62.1 Å². The second kappa shape index (κ2) is 9.04. The number of rotatable bonds is 5. The Morgan fingerprint density at radius 2 is 1.88 bits per heavy atom. The van der Waals surface area contributed by atoms with E-state index in [0.717, 1.165) is 27.9 Å². The molecule has 0 saturated carbocycles. The lowest BCUT2D eigenvalue weighted by atomic mass is 9.94. The molecule has 0 unspecified atom stereocenters. The van der Waals surface area contributed by atoms with Crippen molar-refractivity contribution in [2.24, 2.45) is 0 Å². The van der Waals surface area contributed by atoms with Crippen LogP contribution in [0.15, 0.2) is 41.9 Å². The summed E-state index contributed by atoms with van der Waals surface area (Å²) in [7, 11) is 0. The Bertz CT molecular complexity index is 1200. The van der Waals surface area contributed by atoms with Gasteiger partial charge in [0, 0.05) is 42.5 Å². The monoisotopic (exact) mass is 447 g/mol. The number of nitrogens with zero attached hydrogens (tertiary/aromatic N) is 2. The maximum atomic E-state index is 12.9. The molecule has 6 nitrogen and oxygen atoms in total. The van der Waals surface area contributed by atoms with Crippen molar-refractivity contribution in [3.05, 3.63) is 85.9 Å². The summed E-state index contributed by atoms with van der Waals surface area (Å²) in [6.45, 7) is 6.91. The van der Waals surface area contributed by atoms with Crippen LogP contribution in [0.25, 0.3) is 0 Å². The van der Waals surface area contributed by atoms with E-state index in [1.165, 1.54) is 18.3 Å². The summed E-state index contributed by atoms with van der Waals surface area (Å²) < 4.78 is 0. The highest BCUT2D eigenvalue weighted by Gasteiger charge is 2.25. The van der Waals surface area contributed by atoms with Crippen molar-refractivity contribution in [1.29, 1.82) is 0 Å². The molecule has 0 fully saturated rings. The van der Waals surface area contributed by atoms with Crippen molar-refractivity contribution < 1.29 is 14.4 Å². The summed E-state index contributed by atoms with van der Waals surface area (Å²) in [6.07, 6.45) is 2.55. The van der Waals surface area contributed by atoms with Crippen LogP contribution in [0.3, 0.4) is 0 Å². The Labute approximate surface area is 191 Å². The van der Waals surface area contributed by atoms with Gasteiger partial charge in [-0.15, -0.1) is 11.3 Å². The number of ketones is 1. The maximum absolute atomic E-state index is 12.9. The molecule has 0 radical (unpaired) electrons. The average Bonchev–Trinajstić information content (AvgIpc) is 3.29. The van der Waals surface area contributed by atoms with Gasteiger partial charge in [0.2, 0.25) is 0 Å². The molecule has 0 bridgehead atoms. The van der Waals surface area contributed by atoms with Crippen LogP contribution in [0, 0.1) is 13.8 Å². The molecule has 0 spiro atoms. The van der Waals surface area contributed by atoms with E-state index in [2.05, 4.69) is 10.3 Å². The Hall–Kier alpha value is -3.32. The number of fused-ring (bicyclic) bond motifs is 1. The van der Waals surface area contributed by atoms with Crippen LogP contribution < -0.4 is 5.32 Å². The molecule has 0 aliphatic carbocycles. The number of carbonyl (C=O) groups excluding carboxylic acids is 3. The van der Waals surface area contributed by atoms with Crippen molar-refractivity contribution in [2.75, 3.05) is 6.54 Å². The highest BCUT2D eigenvalue weighted by atomic mass is 32.1. The first-order valence-electron chi connectivity index (χ1n) is 10.5. The molecule has 1 aliphatic rings. The van der Waals surface area contributed by atoms with Crippen LogP contribution in [-0.4, -0.2) is 34.0 Å². The molecule has 0 atom stereocenters. The summed E-state index contributed by atoms with van der Waals surface area (Å²) >= 11 is 1.28. The summed E-state index contributed by atoms with van der Waals surface area (Å²) in [5.41, 5.74) is 6.34. The Kier molecular flexibility index (Phi) is 6.19. The lowest BCUT2D eigenvalue weighted by molar-refractivity contribution is 0.0734. The first kappa shape index (κ1) is 21.9. The smallest absolute Gasteiger partial charge is 0.254 e. The minimum Gasteiger partial charge on any atom is -0.348 e. The number of Topliss-reactive ketones (excluding diaryl/α,β-unsaturated/α-hetero) is 1. The zero-order valence-corrected chi connectivity index (χ0v) is 19.2. The molecule has 1 aliphatic heterocycles. The first-order chi connectivity index (χ1) is 15.3. The molecule has 2 aromatic heterocycles. The van der Waals surface area contributed by atoms with Gasteiger partial charge < -0.3 is 10.2 Å². The van der Waals surface area contributed by atoms with Gasteiger partial charge in [-0.3, -0.25) is 19.4 Å². The third kappa shape index (κ3) is 4.48. The fourth-order valence-electron chi connectivity index (χ4n) is 3.92. The third-order valence-electron chi connectivity index (χ3n) is 5.82. The first-order valence-corrected chi connectivity index (χ1v) is 11.4. The number of hydrogen-bond donors (Lipinski definition) is 1. The highest BCUT2D eigenvalue weighted by molar-refractivity contribution is 7.12. The number of amides is 2. The summed E-state index contributed by atoms with van der Waals surface area (Å²) in [5, 5.41) is 4.66. The fourth-order valence-corrected chi connectivity index (χ4v) is 4.71. The van der Waals surface area contributed by atoms with E-state index in [-0.39, 0.29) is 17.6 Å². The quantitative estimate of drug-likeness (QED) is 0.598. The van der Waals surface area contributed by atoms with Crippen LogP contribution >= 0.6 is 11.3 Å². The van der Waals surface area contributed by atoms with Crippen molar-refractivity contribution in [2.45, 2.75) is 40.3 Å². The molecular weight excluding hydrogens is 422 g/mol. The van der Waals surface area contributed by atoms with E-state index < -0.39 is 0 Å². The number of benzene rings is 1. The van der Waals surface area contributed by atoms with E-state index in [1.54, 1.807) is 11.4 Å². The van der Waals surface area contributed by atoms with Gasteiger partial charge >= 0.3 is 0 Å². The Balaban J connectivity index is 1.48. The van der Waals surface area contributed by atoms with Gasteiger partial charge in [0.25, 0.3) is 11.8 Å². The summed E-state index contributed by atoms with van der Waals surface area (Å²) in [5.74, 6) is -0.237. The van der Waals surface area contributed by atoms with Gasteiger partial charge in [-0.2, -0.15) is 0 Å². The molecule has 0 saturated heterocycles. The molecule has 4 rings (SSSR count). The minimum atomic E-state index is -0.210. The fraction of sp³-hybridized carbons (Fsp3) is 0.280. The lowest BCUT2D eigenvalue weighted by Gasteiger charge is -2.30. The Morgan fingerprint density at radius 1 is 1.12 bits per heavy atom. The number of pyridine rings is 1. The minimum absolute atomic E-state index is 0.0183. The number of carbonyl (C=O) groups is 3. The topological polar surface area (TPSA) is 79.4 Å². The lowest BCUT2D eigenvalue weighted by Crippen LogP contribution is -2.37. The van der Waals surface area contributed by atoms with Gasteiger partial charge in [0.15, 0.2) is 5.78 Å². The van der Waals surface area contributed by atoms with Crippen LogP contribution in [0.5, 0.6) is 0 Å². The van der Waals surface area contributed by atoms with E-state index >= 15 is 0 Å². The van der Waals surface area contributed by atoms with Crippen LogP contribution in [0.1, 0.15) is 65.3 Å². The molecule has 1 N–H and O–H groups in total.